The Bertz CT molecular complexity index is 399. The third-order valence-corrected chi connectivity index (χ3v) is 2.47. The fourth-order valence-electron chi connectivity index (χ4n) is 1.15. The van der Waals surface area contributed by atoms with E-state index in [0.29, 0.717) is 22.2 Å². The second-order valence-corrected chi connectivity index (χ2v) is 3.62. The molecule has 1 amide bonds. The Morgan fingerprint density at radius 3 is 2.28 bits per heavy atom. The van der Waals surface area contributed by atoms with E-state index >= 15 is 0 Å². The van der Waals surface area contributed by atoms with Gasteiger partial charge in [-0.2, -0.15) is 12.6 Å². The van der Waals surface area contributed by atoms with Gasteiger partial charge in [-0.3, -0.25) is 4.79 Å². The molecule has 1 rings (SSSR count). The first kappa shape index (κ1) is 16.9. The zero-order valence-corrected chi connectivity index (χ0v) is 12.6. The molecule has 0 radical (unpaired) electrons. The number of halogens is 1. The standard InChI is InChI=1S/C10H12ClNO3S.C2H6/c1-14-8-4-7(12-10(13)5-16)9(15-2)3-6(8)11;1-2/h3-4,16H,5H2,1-2H3,(H,12,13);1-2H3. The molecule has 0 aliphatic carbocycles. The Balaban J connectivity index is 0.00000137. The highest BCUT2D eigenvalue weighted by Gasteiger charge is 2.11. The fraction of sp³-hybridized carbons (Fsp3) is 0.417. The van der Waals surface area contributed by atoms with Crippen LogP contribution in [0.2, 0.25) is 5.02 Å². The van der Waals surface area contributed by atoms with Crippen LogP contribution in [0.3, 0.4) is 0 Å². The molecule has 0 aromatic heterocycles. The van der Waals surface area contributed by atoms with Gasteiger partial charge in [0.15, 0.2) is 0 Å². The van der Waals surface area contributed by atoms with Crippen molar-refractivity contribution in [3.8, 4) is 11.5 Å². The molecule has 0 spiro atoms. The van der Waals surface area contributed by atoms with Gasteiger partial charge in [-0.05, 0) is 0 Å². The van der Waals surface area contributed by atoms with Gasteiger partial charge in [-0.1, -0.05) is 25.4 Å². The Kier molecular flexibility index (Phi) is 8.41. The monoisotopic (exact) mass is 291 g/mol. The van der Waals surface area contributed by atoms with Gasteiger partial charge in [0, 0.05) is 12.1 Å². The van der Waals surface area contributed by atoms with Gasteiger partial charge < -0.3 is 14.8 Å². The number of anilines is 1. The lowest BCUT2D eigenvalue weighted by Gasteiger charge is -2.12. The number of thiol groups is 1. The number of amides is 1. The first-order chi connectivity index (χ1) is 8.62. The average molecular weight is 292 g/mol. The molecule has 0 saturated carbocycles. The van der Waals surface area contributed by atoms with Crippen LogP contribution >= 0.6 is 24.2 Å². The van der Waals surface area contributed by atoms with Crippen molar-refractivity contribution in [3.63, 3.8) is 0 Å². The minimum absolute atomic E-state index is 0.0914. The molecule has 1 N–H and O–H groups in total. The van der Waals surface area contributed by atoms with Crippen LogP contribution < -0.4 is 14.8 Å². The van der Waals surface area contributed by atoms with Gasteiger partial charge in [0.1, 0.15) is 11.5 Å². The van der Waals surface area contributed by atoms with E-state index in [4.69, 9.17) is 21.1 Å². The molecular formula is C12H18ClNO3S. The van der Waals surface area contributed by atoms with Gasteiger partial charge in [0.25, 0.3) is 0 Å². The van der Waals surface area contributed by atoms with Crippen LogP contribution in [0, 0.1) is 0 Å². The number of methoxy groups -OCH3 is 2. The zero-order valence-electron chi connectivity index (χ0n) is 10.9. The van der Waals surface area contributed by atoms with E-state index in [1.54, 1.807) is 12.1 Å². The lowest BCUT2D eigenvalue weighted by Crippen LogP contribution is -2.13. The smallest absolute Gasteiger partial charge is 0.234 e. The van der Waals surface area contributed by atoms with Crippen LogP contribution in [-0.2, 0) is 4.79 Å². The average Bonchev–Trinajstić information content (AvgIpc) is 2.42. The SMILES string of the molecule is CC.COc1cc(NC(=O)CS)c(OC)cc1Cl. The molecular weight excluding hydrogens is 274 g/mol. The van der Waals surface area contributed by atoms with Crippen LogP contribution in [0.1, 0.15) is 13.8 Å². The Hall–Kier alpha value is -1.07. The summed E-state index contributed by atoms with van der Waals surface area (Å²) in [4.78, 5) is 11.2. The Morgan fingerprint density at radius 1 is 1.28 bits per heavy atom. The Morgan fingerprint density at radius 2 is 1.83 bits per heavy atom. The van der Waals surface area contributed by atoms with E-state index in [1.165, 1.54) is 14.2 Å². The van der Waals surface area contributed by atoms with Gasteiger partial charge in [0.2, 0.25) is 5.91 Å². The molecule has 6 heteroatoms. The van der Waals surface area contributed by atoms with Crippen molar-refractivity contribution in [2.24, 2.45) is 0 Å². The normalized spacial score (nSPS) is 9.00. The first-order valence-electron chi connectivity index (χ1n) is 5.44. The van der Waals surface area contributed by atoms with Gasteiger partial charge in [0.05, 0.1) is 30.7 Å². The van der Waals surface area contributed by atoms with Crippen molar-refractivity contribution in [1.82, 2.24) is 0 Å². The van der Waals surface area contributed by atoms with Crippen LogP contribution in [0.5, 0.6) is 11.5 Å². The number of carbonyl (C=O) groups excluding carboxylic acids is 1. The number of rotatable bonds is 4. The van der Waals surface area contributed by atoms with E-state index in [1.807, 2.05) is 13.8 Å². The van der Waals surface area contributed by atoms with E-state index in [-0.39, 0.29) is 11.7 Å². The highest BCUT2D eigenvalue weighted by Crippen LogP contribution is 2.35. The van der Waals surface area contributed by atoms with E-state index in [9.17, 15) is 4.79 Å². The number of carbonyl (C=O) groups is 1. The predicted molar refractivity (Wildman–Crippen MR) is 78.4 cm³/mol. The molecule has 0 aliphatic heterocycles. The Labute approximate surface area is 118 Å². The third kappa shape index (κ3) is 4.66. The molecule has 0 aliphatic rings. The molecule has 0 heterocycles. The highest BCUT2D eigenvalue weighted by atomic mass is 35.5. The zero-order chi connectivity index (χ0) is 14.1. The quantitative estimate of drug-likeness (QED) is 0.837. The van der Waals surface area contributed by atoms with Gasteiger partial charge in [-0.25, -0.2) is 0 Å². The van der Waals surface area contributed by atoms with E-state index < -0.39 is 0 Å². The van der Waals surface area contributed by atoms with Crippen molar-refractivity contribution in [1.29, 1.82) is 0 Å². The van der Waals surface area contributed by atoms with Crippen LogP contribution in [0.15, 0.2) is 12.1 Å². The summed E-state index contributed by atoms with van der Waals surface area (Å²) in [5, 5.41) is 3.05. The van der Waals surface area contributed by atoms with Crippen LogP contribution in [0.25, 0.3) is 0 Å². The summed E-state index contributed by atoms with van der Waals surface area (Å²) < 4.78 is 10.1. The molecule has 0 unspecified atom stereocenters. The van der Waals surface area contributed by atoms with Crippen molar-refractivity contribution >= 4 is 35.8 Å². The molecule has 18 heavy (non-hydrogen) atoms. The molecule has 0 fully saturated rings. The summed E-state index contributed by atoms with van der Waals surface area (Å²) >= 11 is 9.79. The first-order valence-corrected chi connectivity index (χ1v) is 6.45. The summed E-state index contributed by atoms with van der Waals surface area (Å²) in [5.41, 5.74) is 0.503. The van der Waals surface area contributed by atoms with E-state index in [0.717, 1.165) is 0 Å². The summed E-state index contributed by atoms with van der Waals surface area (Å²) in [5.74, 6) is 0.803. The van der Waals surface area contributed by atoms with Crippen LogP contribution in [0.4, 0.5) is 5.69 Å². The predicted octanol–water partition coefficient (Wildman–Crippen LogP) is 3.25. The van der Waals surface area contributed by atoms with E-state index in [2.05, 4.69) is 17.9 Å². The number of benzene rings is 1. The molecule has 4 nitrogen and oxygen atoms in total. The van der Waals surface area contributed by atoms with Gasteiger partial charge in [-0.15, -0.1) is 0 Å². The second kappa shape index (κ2) is 8.94. The molecule has 1 aromatic rings. The lowest BCUT2D eigenvalue weighted by molar-refractivity contribution is -0.113. The molecule has 0 saturated heterocycles. The van der Waals surface area contributed by atoms with Gasteiger partial charge >= 0.3 is 0 Å². The second-order valence-electron chi connectivity index (χ2n) is 2.89. The largest absolute Gasteiger partial charge is 0.495 e. The third-order valence-electron chi connectivity index (χ3n) is 1.89. The minimum Gasteiger partial charge on any atom is -0.495 e. The van der Waals surface area contributed by atoms with Crippen molar-refractivity contribution in [2.45, 2.75) is 13.8 Å². The molecule has 102 valence electrons. The fourth-order valence-corrected chi connectivity index (χ4v) is 1.46. The maximum absolute atomic E-state index is 11.2. The van der Waals surface area contributed by atoms with Crippen molar-refractivity contribution in [3.05, 3.63) is 17.2 Å². The number of nitrogens with one attached hydrogen (secondary N) is 1. The lowest BCUT2D eigenvalue weighted by atomic mass is 10.2. The maximum Gasteiger partial charge on any atom is 0.234 e. The maximum atomic E-state index is 11.2. The summed E-state index contributed by atoms with van der Waals surface area (Å²) in [7, 11) is 2.99. The summed E-state index contributed by atoms with van der Waals surface area (Å²) in [6.07, 6.45) is 0. The topological polar surface area (TPSA) is 47.6 Å². The minimum atomic E-state index is -0.231. The number of hydrogen-bond acceptors (Lipinski definition) is 4. The summed E-state index contributed by atoms with van der Waals surface area (Å²) in [6.45, 7) is 4.00. The molecule has 0 atom stereocenters. The molecule has 1 aromatic carbocycles. The van der Waals surface area contributed by atoms with Crippen LogP contribution in [-0.4, -0.2) is 25.9 Å². The van der Waals surface area contributed by atoms with Crippen molar-refractivity contribution < 1.29 is 14.3 Å². The van der Waals surface area contributed by atoms with Crippen molar-refractivity contribution in [2.75, 3.05) is 25.3 Å². The molecule has 0 bridgehead atoms. The number of hydrogen-bond donors (Lipinski definition) is 2. The highest BCUT2D eigenvalue weighted by molar-refractivity contribution is 7.81. The number of ether oxygens (including phenoxy) is 2. The summed E-state index contributed by atoms with van der Waals surface area (Å²) in [6, 6.07) is 3.18.